The molecule has 12 heavy (non-hydrogen) atoms. The molecule has 0 saturated heterocycles. The van der Waals surface area contributed by atoms with Crippen LogP contribution in [0, 0.1) is 5.41 Å². The van der Waals surface area contributed by atoms with Gasteiger partial charge in [-0.1, -0.05) is 19.9 Å². The van der Waals surface area contributed by atoms with Crippen molar-refractivity contribution < 1.29 is 4.79 Å². The molecule has 0 fully saturated rings. The van der Waals surface area contributed by atoms with E-state index in [1.165, 1.54) is 5.71 Å². The number of allylic oxidation sites excluding steroid dienone is 2. The zero-order chi connectivity index (χ0) is 9.03. The number of nitrogens with zero attached hydrogens (tertiary/aromatic N) is 1. The zero-order valence-corrected chi connectivity index (χ0v) is 7.71. The van der Waals surface area contributed by atoms with Gasteiger partial charge < -0.3 is 0 Å². The first-order valence-electron chi connectivity index (χ1n) is 4.33. The summed E-state index contributed by atoms with van der Waals surface area (Å²) in [6.45, 7) is 5.14. The highest BCUT2D eigenvalue weighted by atomic mass is 16.1. The van der Waals surface area contributed by atoms with E-state index in [2.05, 4.69) is 18.8 Å². The van der Waals surface area contributed by atoms with Gasteiger partial charge in [0.25, 0.3) is 0 Å². The molecule has 0 radical (unpaired) electrons. The summed E-state index contributed by atoms with van der Waals surface area (Å²) in [5, 5.41) is 0. The minimum atomic E-state index is -0.0303. The normalized spacial score (nSPS) is 18.3. The molecule has 1 heterocycles. The Morgan fingerprint density at radius 3 is 2.75 bits per heavy atom. The second-order valence-electron chi connectivity index (χ2n) is 3.65. The average Bonchev–Trinajstić information content (AvgIpc) is 2.53. The summed E-state index contributed by atoms with van der Waals surface area (Å²) in [5.74, 6) is 0. The Bertz CT molecular complexity index is 226. The van der Waals surface area contributed by atoms with Gasteiger partial charge in [-0.15, -0.1) is 0 Å². The van der Waals surface area contributed by atoms with Crippen molar-refractivity contribution in [3.05, 3.63) is 12.2 Å². The minimum absolute atomic E-state index is 0.0303. The summed E-state index contributed by atoms with van der Waals surface area (Å²) in [6.07, 6.45) is 6.53. The SMILES string of the molecule is CC(C)(/C=C/C=O)C1=NCCC1. The molecule has 0 bridgehead atoms. The van der Waals surface area contributed by atoms with E-state index in [-0.39, 0.29) is 5.41 Å². The molecule has 0 aliphatic carbocycles. The topological polar surface area (TPSA) is 29.4 Å². The number of hydrogen-bond acceptors (Lipinski definition) is 2. The fourth-order valence-corrected chi connectivity index (χ4v) is 1.44. The minimum Gasteiger partial charge on any atom is -0.299 e. The lowest BCUT2D eigenvalue weighted by atomic mass is 9.85. The van der Waals surface area contributed by atoms with Gasteiger partial charge in [-0.25, -0.2) is 0 Å². The predicted octanol–water partition coefficient (Wildman–Crippen LogP) is 2.00. The van der Waals surface area contributed by atoms with Crippen LogP contribution in [0.3, 0.4) is 0 Å². The van der Waals surface area contributed by atoms with Crippen LogP contribution in [0.15, 0.2) is 17.1 Å². The van der Waals surface area contributed by atoms with Crippen molar-refractivity contribution in [2.24, 2.45) is 10.4 Å². The molecule has 0 atom stereocenters. The van der Waals surface area contributed by atoms with E-state index >= 15 is 0 Å². The first-order valence-corrected chi connectivity index (χ1v) is 4.33. The highest BCUT2D eigenvalue weighted by molar-refractivity contribution is 5.92. The van der Waals surface area contributed by atoms with Crippen molar-refractivity contribution in [2.45, 2.75) is 26.7 Å². The molecule has 0 unspecified atom stereocenters. The molecule has 2 nitrogen and oxygen atoms in total. The van der Waals surface area contributed by atoms with E-state index in [4.69, 9.17) is 0 Å². The monoisotopic (exact) mass is 165 g/mol. The summed E-state index contributed by atoms with van der Waals surface area (Å²) in [5.41, 5.74) is 1.19. The molecular formula is C10H15NO. The summed E-state index contributed by atoms with van der Waals surface area (Å²) in [7, 11) is 0. The second kappa shape index (κ2) is 3.65. The molecule has 0 aromatic heterocycles. The molecular weight excluding hydrogens is 150 g/mol. The van der Waals surface area contributed by atoms with Crippen LogP contribution in [0.5, 0.6) is 0 Å². The predicted molar refractivity (Wildman–Crippen MR) is 50.5 cm³/mol. The maximum Gasteiger partial charge on any atom is 0.142 e. The largest absolute Gasteiger partial charge is 0.299 e. The second-order valence-corrected chi connectivity index (χ2v) is 3.65. The van der Waals surface area contributed by atoms with Crippen molar-refractivity contribution in [1.82, 2.24) is 0 Å². The Kier molecular flexibility index (Phi) is 2.79. The summed E-state index contributed by atoms with van der Waals surface area (Å²) >= 11 is 0. The van der Waals surface area contributed by atoms with Crippen LogP contribution >= 0.6 is 0 Å². The lowest BCUT2D eigenvalue weighted by Crippen LogP contribution is -2.19. The maximum absolute atomic E-state index is 10.1. The first kappa shape index (κ1) is 9.17. The van der Waals surface area contributed by atoms with Gasteiger partial charge in [0, 0.05) is 17.7 Å². The Hall–Kier alpha value is -0.920. The molecule has 0 N–H and O–H groups in total. The lowest BCUT2D eigenvalue weighted by molar-refractivity contribution is -0.104. The fourth-order valence-electron chi connectivity index (χ4n) is 1.44. The van der Waals surface area contributed by atoms with E-state index in [9.17, 15) is 4.79 Å². The van der Waals surface area contributed by atoms with Crippen molar-refractivity contribution in [1.29, 1.82) is 0 Å². The molecule has 1 rings (SSSR count). The molecule has 0 spiro atoms. The summed E-state index contributed by atoms with van der Waals surface area (Å²) in [4.78, 5) is 14.5. The highest BCUT2D eigenvalue weighted by Crippen LogP contribution is 2.25. The molecule has 0 aromatic carbocycles. The highest BCUT2D eigenvalue weighted by Gasteiger charge is 2.23. The summed E-state index contributed by atoms with van der Waals surface area (Å²) < 4.78 is 0. The molecule has 0 aromatic rings. The number of aldehydes is 1. The Morgan fingerprint density at radius 1 is 1.50 bits per heavy atom. The number of hydrogen-bond donors (Lipinski definition) is 0. The van der Waals surface area contributed by atoms with Crippen LogP contribution in [0.4, 0.5) is 0 Å². The van der Waals surface area contributed by atoms with Gasteiger partial charge >= 0.3 is 0 Å². The van der Waals surface area contributed by atoms with Gasteiger partial charge in [0.15, 0.2) is 0 Å². The summed E-state index contributed by atoms with van der Waals surface area (Å²) in [6, 6.07) is 0. The first-order chi connectivity index (χ1) is 5.67. The molecule has 66 valence electrons. The number of aliphatic imine (C=N–C) groups is 1. The number of carbonyl (C=O) groups is 1. The molecule has 2 heteroatoms. The van der Waals surface area contributed by atoms with Crippen molar-refractivity contribution in [3.8, 4) is 0 Å². The molecule has 0 saturated carbocycles. The van der Waals surface area contributed by atoms with E-state index in [1.54, 1.807) is 6.08 Å². The van der Waals surface area contributed by atoms with Crippen LogP contribution in [-0.2, 0) is 4.79 Å². The van der Waals surface area contributed by atoms with Gasteiger partial charge in [0.2, 0.25) is 0 Å². The van der Waals surface area contributed by atoms with Crippen LogP contribution in [0.2, 0.25) is 0 Å². The Labute approximate surface area is 73.4 Å². The fraction of sp³-hybridized carbons (Fsp3) is 0.600. The third-order valence-electron chi connectivity index (χ3n) is 2.21. The van der Waals surface area contributed by atoms with Gasteiger partial charge in [-0.3, -0.25) is 9.79 Å². The third-order valence-corrected chi connectivity index (χ3v) is 2.21. The van der Waals surface area contributed by atoms with Crippen LogP contribution in [-0.4, -0.2) is 18.5 Å². The van der Waals surface area contributed by atoms with E-state index in [0.717, 1.165) is 25.7 Å². The third kappa shape index (κ3) is 2.03. The molecule has 1 aliphatic heterocycles. The quantitative estimate of drug-likeness (QED) is 0.464. The van der Waals surface area contributed by atoms with Gasteiger partial charge in [0.1, 0.15) is 6.29 Å². The van der Waals surface area contributed by atoms with E-state index in [1.807, 2.05) is 6.08 Å². The van der Waals surface area contributed by atoms with Gasteiger partial charge in [-0.2, -0.15) is 0 Å². The number of carbonyl (C=O) groups excluding carboxylic acids is 1. The van der Waals surface area contributed by atoms with Crippen molar-refractivity contribution >= 4 is 12.0 Å². The zero-order valence-electron chi connectivity index (χ0n) is 7.71. The van der Waals surface area contributed by atoms with Crippen LogP contribution < -0.4 is 0 Å². The Balaban J connectivity index is 2.69. The Morgan fingerprint density at radius 2 is 2.25 bits per heavy atom. The smallest absolute Gasteiger partial charge is 0.142 e. The maximum atomic E-state index is 10.1. The van der Waals surface area contributed by atoms with Crippen LogP contribution in [0.1, 0.15) is 26.7 Å². The van der Waals surface area contributed by atoms with Crippen LogP contribution in [0.25, 0.3) is 0 Å². The average molecular weight is 165 g/mol. The molecule has 1 aliphatic rings. The van der Waals surface area contributed by atoms with Gasteiger partial charge in [-0.05, 0) is 18.9 Å². The van der Waals surface area contributed by atoms with Crippen molar-refractivity contribution in [3.63, 3.8) is 0 Å². The van der Waals surface area contributed by atoms with Gasteiger partial charge in [0.05, 0.1) is 0 Å². The van der Waals surface area contributed by atoms with E-state index < -0.39 is 0 Å². The molecule has 0 amide bonds. The number of rotatable bonds is 3. The van der Waals surface area contributed by atoms with Crippen molar-refractivity contribution in [2.75, 3.05) is 6.54 Å². The lowest BCUT2D eigenvalue weighted by Gasteiger charge is -2.19. The van der Waals surface area contributed by atoms with E-state index in [0.29, 0.717) is 0 Å². The standard InChI is InChI=1S/C10H15NO/c1-10(2,6-4-8-12)9-5-3-7-11-9/h4,6,8H,3,5,7H2,1-2H3/b6-4+.